The van der Waals surface area contributed by atoms with Gasteiger partial charge in [-0.3, -0.25) is 9.89 Å². The summed E-state index contributed by atoms with van der Waals surface area (Å²) in [7, 11) is 0. The van der Waals surface area contributed by atoms with E-state index in [1.165, 1.54) is 11.1 Å². The molecule has 1 amide bonds. The molecule has 0 saturated carbocycles. The molecule has 4 N–H and O–H groups in total. The Morgan fingerprint density at radius 2 is 1.54 bits per heavy atom. The number of H-pyrrole nitrogens is 1. The molecule has 0 aliphatic rings. The second-order valence-electron chi connectivity index (χ2n) is 6.54. The van der Waals surface area contributed by atoms with E-state index in [0.717, 1.165) is 24.1 Å². The molecular formula is C21H23N3O2. The molecule has 0 bridgehead atoms. The molecule has 2 aromatic carbocycles. The number of carbonyl (C=O) groups excluding carboxylic acids is 1. The number of amides is 1. The zero-order valence-corrected chi connectivity index (χ0v) is 14.8. The van der Waals surface area contributed by atoms with Crippen molar-refractivity contribution < 1.29 is 9.90 Å². The Kier molecular flexibility index (Phi) is 5.37. The number of nitrogens with two attached hydrogens (primary N) is 1. The first-order chi connectivity index (χ1) is 12.5. The van der Waals surface area contributed by atoms with E-state index in [2.05, 4.69) is 41.4 Å². The zero-order chi connectivity index (χ0) is 18.5. The second-order valence-corrected chi connectivity index (χ2v) is 6.54. The van der Waals surface area contributed by atoms with Crippen LogP contribution in [-0.2, 0) is 25.7 Å². The minimum absolute atomic E-state index is 0.240. The number of nitrogens with one attached hydrogen (secondary N) is 1. The second kappa shape index (κ2) is 7.87. The Morgan fingerprint density at radius 1 is 0.962 bits per heavy atom. The van der Waals surface area contributed by atoms with Crippen LogP contribution >= 0.6 is 0 Å². The minimum atomic E-state index is -0.446. The third-order valence-electron chi connectivity index (χ3n) is 4.53. The molecule has 5 heteroatoms. The summed E-state index contributed by atoms with van der Waals surface area (Å²) in [4.78, 5) is 11.9. The highest BCUT2D eigenvalue weighted by Gasteiger charge is 2.17. The Hall–Kier alpha value is -3.08. The maximum atomic E-state index is 11.9. The zero-order valence-electron chi connectivity index (χ0n) is 14.8. The van der Waals surface area contributed by atoms with Crippen LogP contribution in [0.1, 0.15) is 38.4 Å². The molecule has 26 heavy (non-hydrogen) atoms. The van der Waals surface area contributed by atoms with Gasteiger partial charge in [0.1, 0.15) is 5.75 Å². The normalized spacial score (nSPS) is 10.8. The number of hydrogen-bond donors (Lipinski definition) is 3. The van der Waals surface area contributed by atoms with E-state index in [9.17, 15) is 9.90 Å². The lowest BCUT2D eigenvalue weighted by Gasteiger charge is -2.04. The summed E-state index contributed by atoms with van der Waals surface area (Å²) in [5.41, 5.74) is 11.1. The Balaban J connectivity index is 1.70. The first-order valence-corrected chi connectivity index (χ1v) is 8.72. The third-order valence-corrected chi connectivity index (χ3v) is 4.53. The van der Waals surface area contributed by atoms with Gasteiger partial charge in [0, 0.05) is 5.69 Å². The van der Waals surface area contributed by atoms with E-state index < -0.39 is 5.91 Å². The largest absolute Gasteiger partial charge is 0.508 e. The van der Waals surface area contributed by atoms with Gasteiger partial charge in [-0.05, 0) is 55.9 Å². The smallest absolute Gasteiger partial charge is 0.252 e. The molecule has 0 unspecified atom stereocenters. The number of hydrogen-bond acceptors (Lipinski definition) is 3. The van der Waals surface area contributed by atoms with Crippen LogP contribution in [0.15, 0.2) is 48.5 Å². The van der Waals surface area contributed by atoms with Crippen molar-refractivity contribution in [2.75, 3.05) is 0 Å². The van der Waals surface area contributed by atoms with Crippen molar-refractivity contribution in [3.05, 3.63) is 82.2 Å². The fourth-order valence-corrected chi connectivity index (χ4v) is 3.02. The van der Waals surface area contributed by atoms with Crippen molar-refractivity contribution >= 4 is 5.91 Å². The lowest BCUT2D eigenvalue weighted by Crippen LogP contribution is -2.15. The minimum Gasteiger partial charge on any atom is -0.508 e. The van der Waals surface area contributed by atoms with E-state index >= 15 is 0 Å². The molecule has 3 rings (SSSR count). The molecular weight excluding hydrogens is 326 g/mol. The van der Waals surface area contributed by atoms with Crippen LogP contribution in [0.25, 0.3) is 0 Å². The summed E-state index contributed by atoms with van der Waals surface area (Å²) in [5, 5.41) is 16.7. The molecule has 5 nitrogen and oxygen atoms in total. The fraction of sp³-hybridized carbons (Fsp3) is 0.238. The summed E-state index contributed by atoms with van der Waals surface area (Å²) in [5.74, 6) is -0.205. The molecule has 0 aliphatic carbocycles. The summed E-state index contributed by atoms with van der Waals surface area (Å²) in [6.45, 7) is 2.06. The van der Waals surface area contributed by atoms with Crippen LogP contribution in [0, 0.1) is 6.92 Å². The van der Waals surface area contributed by atoms with E-state index in [4.69, 9.17) is 5.73 Å². The number of phenolic OH excluding ortho intramolecular Hbond substituents is 1. The molecule has 0 radical (unpaired) electrons. The quantitative estimate of drug-likeness (QED) is 0.612. The number of carbonyl (C=O) groups is 1. The van der Waals surface area contributed by atoms with Crippen LogP contribution in [0.4, 0.5) is 0 Å². The summed E-state index contributed by atoms with van der Waals surface area (Å²) in [6.07, 6.45) is 2.85. The number of primary amides is 1. The summed E-state index contributed by atoms with van der Waals surface area (Å²) >= 11 is 0. The van der Waals surface area contributed by atoms with Crippen LogP contribution in [0.2, 0.25) is 0 Å². The van der Waals surface area contributed by atoms with E-state index in [-0.39, 0.29) is 5.75 Å². The predicted molar refractivity (Wildman–Crippen MR) is 101 cm³/mol. The number of aromatic hydroxyl groups is 1. The molecule has 1 aromatic heterocycles. The number of nitrogens with zero attached hydrogens (tertiary/aromatic N) is 1. The van der Waals surface area contributed by atoms with E-state index in [1.807, 2.05) is 12.1 Å². The molecule has 3 aromatic rings. The first-order valence-electron chi connectivity index (χ1n) is 8.72. The van der Waals surface area contributed by atoms with Crippen LogP contribution in [0.5, 0.6) is 5.75 Å². The van der Waals surface area contributed by atoms with Crippen molar-refractivity contribution in [1.82, 2.24) is 10.2 Å². The lowest BCUT2D eigenvalue weighted by atomic mass is 10.0. The average Bonchev–Trinajstić information content (AvgIpc) is 3.04. The van der Waals surface area contributed by atoms with Gasteiger partial charge in [-0.2, -0.15) is 5.10 Å². The van der Waals surface area contributed by atoms with E-state index in [1.54, 1.807) is 12.1 Å². The molecule has 134 valence electrons. The van der Waals surface area contributed by atoms with Gasteiger partial charge in [0.05, 0.1) is 11.3 Å². The lowest BCUT2D eigenvalue weighted by molar-refractivity contribution is 0.0998. The number of aryl methyl sites for hydroxylation is 5. The first kappa shape index (κ1) is 17.7. The number of aromatic nitrogens is 2. The van der Waals surface area contributed by atoms with Gasteiger partial charge in [0.2, 0.25) is 0 Å². The van der Waals surface area contributed by atoms with Gasteiger partial charge < -0.3 is 10.8 Å². The highest BCUT2D eigenvalue weighted by Crippen LogP contribution is 2.17. The topological polar surface area (TPSA) is 92.0 Å². The third kappa shape index (κ3) is 4.30. The van der Waals surface area contributed by atoms with Crippen molar-refractivity contribution in [3.63, 3.8) is 0 Å². The fourth-order valence-electron chi connectivity index (χ4n) is 3.02. The van der Waals surface area contributed by atoms with Gasteiger partial charge in [-0.25, -0.2) is 0 Å². The number of rotatable bonds is 7. The van der Waals surface area contributed by atoms with Crippen molar-refractivity contribution in [1.29, 1.82) is 0 Å². The van der Waals surface area contributed by atoms with Gasteiger partial charge in [-0.15, -0.1) is 0 Å². The van der Waals surface area contributed by atoms with Gasteiger partial charge in [0.15, 0.2) is 0 Å². The maximum absolute atomic E-state index is 11.9. The predicted octanol–water partition coefficient (Wildman–Crippen LogP) is 3.09. The molecule has 0 fully saturated rings. The van der Waals surface area contributed by atoms with Gasteiger partial charge >= 0.3 is 0 Å². The van der Waals surface area contributed by atoms with E-state index in [0.29, 0.717) is 24.1 Å². The molecule has 0 aliphatic heterocycles. The highest BCUT2D eigenvalue weighted by atomic mass is 16.3. The van der Waals surface area contributed by atoms with Gasteiger partial charge in [-0.1, -0.05) is 42.0 Å². The van der Waals surface area contributed by atoms with Crippen LogP contribution in [0.3, 0.4) is 0 Å². The number of phenols is 1. The average molecular weight is 349 g/mol. The Morgan fingerprint density at radius 3 is 2.15 bits per heavy atom. The maximum Gasteiger partial charge on any atom is 0.252 e. The Bertz CT molecular complexity index is 814. The summed E-state index contributed by atoms with van der Waals surface area (Å²) < 4.78 is 0. The van der Waals surface area contributed by atoms with Gasteiger partial charge in [0.25, 0.3) is 5.91 Å². The molecule has 0 saturated heterocycles. The van der Waals surface area contributed by atoms with Crippen molar-refractivity contribution in [2.24, 2.45) is 5.73 Å². The molecule has 0 atom stereocenters. The molecule has 0 spiro atoms. The van der Waals surface area contributed by atoms with Crippen molar-refractivity contribution in [3.8, 4) is 5.75 Å². The standard InChI is InChI=1S/C21H23N3O2/c1-14-2-4-15(5-3-14)8-12-18-20(21(22)26)19(24-23-18)13-9-16-6-10-17(25)11-7-16/h2-7,10-11,25H,8-9,12-13H2,1H3,(H2,22,26)(H,23,24). The van der Waals surface area contributed by atoms with Crippen molar-refractivity contribution in [2.45, 2.75) is 32.6 Å². The summed E-state index contributed by atoms with van der Waals surface area (Å²) in [6, 6.07) is 15.4. The van der Waals surface area contributed by atoms with Crippen LogP contribution in [-0.4, -0.2) is 21.2 Å². The SMILES string of the molecule is Cc1ccc(CCc2[nH]nc(CCc3ccc(O)cc3)c2C(N)=O)cc1. The number of aromatic amines is 1. The Labute approximate surface area is 152 Å². The molecule has 1 heterocycles. The van der Waals surface area contributed by atoms with Crippen LogP contribution < -0.4 is 5.73 Å². The number of benzene rings is 2. The highest BCUT2D eigenvalue weighted by molar-refractivity contribution is 5.95. The monoisotopic (exact) mass is 349 g/mol.